The van der Waals surface area contributed by atoms with Gasteiger partial charge >= 0.3 is 0 Å². The molecule has 3 aromatic rings. The smallest absolute Gasteiger partial charge is 0.141 e. The summed E-state index contributed by atoms with van der Waals surface area (Å²) in [6.45, 7) is 8.02. The first kappa shape index (κ1) is 21.0. The van der Waals surface area contributed by atoms with E-state index in [1.54, 1.807) is 18.5 Å². The average molecular weight is 427 g/mol. The number of aryl methyl sites for hydroxylation is 1. The number of aromatic nitrogens is 2. The lowest BCUT2D eigenvalue weighted by atomic mass is 9.88. The number of hydrogen-bond acceptors (Lipinski definition) is 4. The van der Waals surface area contributed by atoms with Gasteiger partial charge in [-0.3, -0.25) is 0 Å². The number of nitrogens with zero attached hydrogens (tertiary/aromatic N) is 3. The van der Waals surface area contributed by atoms with E-state index in [0.717, 1.165) is 17.3 Å². The highest BCUT2D eigenvalue weighted by Crippen LogP contribution is 2.30. The fraction of sp³-hybridized carbons (Fsp3) is 0.417. The van der Waals surface area contributed by atoms with Gasteiger partial charge in [0.2, 0.25) is 0 Å². The second kappa shape index (κ2) is 9.27. The van der Waals surface area contributed by atoms with Crippen molar-refractivity contribution in [1.29, 1.82) is 0 Å². The minimum absolute atomic E-state index is 0.0873. The van der Waals surface area contributed by atoms with E-state index in [4.69, 9.17) is 11.6 Å². The van der Waals surface area contributed by atoms with Crippen LogP contribution in [0.25, 0.3) is 10.9 Å². The third kappa shape index (κ3) is 4.73. The molecule has 1 aromatic heterocycles. The molecular weight excluding hydrogens is 399 g/mol. The molecule has 0 aliphatic carbocycles. The van der Waals surface area contributed by atoms with E-state index in [1.165, 1.54) is 56.1 Å². The highest BCUT2D eigenvalue weighted by molar-refractivity contribution is 6.31. The summed E-state index contributed by atoms with van der Waals surface area (Å²) >= 11 is 5.93. The van der Waals surface area contributed by atoms with Crippen molar-refractivity contribution in [3.8, 4) is 0 Å². The standard InChI is InChI=1S/C24H28ClFN4/c1-3-8-30-9-6-17(7-10-30)12-18-13-20-23(11-16(18)2)27-15-28-24(20)29-19-4-5-22(26)21(25)14-19/h4-5,11,13-15,17H,3,6-10,12H2,1-2H3,(H,27,28,29). The zero-order chi connectivity index (χ0) is 21.1. The van der Waals surface area contributed by atoms with Crippen LogP contribution in [0.5, 0.6) is 0 Å². The number of halogens is 2. The Morgan fingerprint density at radius 1 is 1.17 bits per heavy atom. The normalized spacial score (nSPS) is 15.6. The predicted octanol–water partition coefficient (Wildman–Crippen LogP) is 6.14. The number of rotatable bonds is 6. The Labute approximate surface area is 182 Å². The van der Waals surface area contributed by atoms with Crippen LogP contribution in [0.2, 0.25) is 5.02 Å². The molecular formula is C24H28ClFN4. The number of piperidine rings is 1. The van der Waals surface area contributed by atoms with Crippen molar-refractivity contribution in [1.82, 2.24) is 14.9 Å². The van der Waals surface area contributed by atoms with Crippen LogP contribution >= 0.6 is 11.6 Å². The fourth-order valence-corrected chi connectivity index (χ4v) is 4.50. The van der Waals surface area contributed by atoms with Crippen molar-refractivity contribution in [2.45, 2.75) is 39.5 Å². The maximum Gasteiger partial charge on any atom is 0.141 e. The maximum atomic E-state index is 13.5. The molecule has 1 aliphatic rings. The Hall–Kier alpha value is -2.24. The van der Waals surface area contributed by atoms with Gasteiger partial charge in [0.25, 0.3) is 0 Å². The molecule has 0 saturated carbocycles. The van der Waals surface area contributed by atoms with Gasteiger partial charge in [0.05, 0.1) is 10.5 Å². The minimum Gasteiger partial charge on any atom is -0.340 e. The van der Waals surface area contributed by atoms with Crippen LogP contribution in [0, 0.1) is 18.7 Å². The summed E-state index contributed by atoms with van der Waals surface area (Å²) in [7, 11) is 0. The summed E-state index contributed by atoms with van der Waals surface area (Å²) in [5.74, 6) is 0.991. The summed E-state index contributed by atoms with van der Waals surface area (Å²) < 4.78 is 13.5. The largest absolute Gasteiger partial charge is 0.340 e. The van der Waals surface area contributed by atoms with E-state index in [0.29, 0.717) is 17.4 Å². The zero-order valence-electron chi connectivity index (χ0n) is 17.6. The number of nitrogens with one attached hydrogen (secondary N) is 1. The molecule has 0 spiro atoms. The van der Waals surface area contributed by atoms with E-state index >= 15 is 0 Å². The quantitative estimate of drug-likeness (QED) is 0.514. The highest BCUT2D eigenvalue weighted by atomic mass is 35.5. The Kier molecular flexibility index (Phi) is 6.49. The summed E-state index contributed by atoms with van der Waals surface area (Å²) in [5, 5.41) is 4.34. The average Bonchev–Trinajstić information content (AvgIpc) is 2.73. The molecule has 0 bridgehead atoms. The van der Waals surface area contributed by atoms with E-state index in [2.05, 4.69) is 46.2 Å². The van der Waals surface area contributed by atoms with Gasteiger partial charge in [-0.15, -0.1) is 0 Å². The molecule has 30 heavy (non-hydrogen) atoms. The van der Waals surface area contributed by atoms with Gasteiger partial charge in [-0.2, -0.15) is 0 Å². The molecule has 1 aliphatic heterocycles. The SMILES string of the molecule is CCCN1CCC(Cc2cc3c(Nc4ccc(F)c(Cl)c4)ncnc3cc2C)CC1. The topological polar surface area (TPSA) is 41.0 Å². The minimum atomic E-state index is -0.433. The van der Waals surface area contributed by atoms with E-state index < -0.39 is 5.82 Å². The van der Waals surface area contributed by atoms with Crippen molar-refractivity contribution in [3.63, 3.8) is 0 Å². The zero-order valence-corrected chi connectivity index (χ0v) is 18.3. The third-order valence-corrected chi connectivity index (χ3v) is 6.32. The molecule has 2 aromatic carbocycles. The highest BCUT2D eigenvalue weighted by Gasteiger charge is 2.20. The van der Waals surface area contributed by atoms with Crippen molar-refractivity contribution in [2.24, 2.45) is 5.92 Å². The molecule has 158 valence electrons. The number of likely N-dealkylation sites (tertiary alicyclic amines) is 1. The molecule has 1 N–H and O–H groups in total. The molecule has 4 nitrogen and oxygen atoms in total. The van der Waals surface area contributed by atoms with Gasteiger partial charge in [-0.25, -0.2) is 14.4 Å². The molecule has 0 amide bonds. The molecule has 2 heterocycles. The van der Waals surface area contributed by atoms with Gasteiger partial charge < -0.3 is 10.2 Å². The number of hydrogen-bond donors (Lipinski definition) is 1. The van der Waals surface area contributed by atoms with E-state index in [-0.39, 0.29) is 5.02 Å². The third-order valence-electron chi connectivity index (χ3n) is 6.03. The van der Waals surface area contributed by atoms with E-state index in [9.17, 15) is 4.39 Å². The fourth-order valence-electron chi connectivity index (χ4n) is 4.32. The first-order valence-corrected chi connectivity index (χ1v) is 11.1. The van der Waals surface area contributed by atoms with Crippen LogP contribution < -0.4 is 5.32 Å². The summed E-state index contributed by atoms with van der Waals surface area (Å²) in [4.78, 5) is 11.5. The van der Waals surface area contributed by atoms with Crippen LogP contribution in [-0.2, 0) is 6.42 Å². The van der Waals surface area contributed by atoms with Crippen LogP contribution in [-0.4, -0.2) is 34.5 Å². The monoisotopic (exact) mass is 426 g/mol. The second-order valence-electron chi connectivity index (χ2n) is 8.26. The number of fused-ring (bicyclic) bond motifs is 1. The Morgan fingerprint density at radius 2 is 1.97 bits per heavy atom. The van der Waals surface area contributed by atoms with E-state index in [1.807, 2.05) is 0 Å². The molecule has 4 rings (SSSR count). The van der Waals surface area contributed by atoms with Gasteiger partial charge in [0.15, 0.2) is 0 Å². The van der Waals surface area contributed by atoms with Crippen LogP contribution in [0.1, 0.15) is 37.3 Å². The van der Waals surface area contributed by atoms with Gasteiger partial charge in [-0.1, -0.05) is 18.5 Å². The van der Waals surface area contributed by atoms with Crippen LogP contribution in [0.15, 0.2) is 36.7 Å². The lowest BCUT2D eigenvalue weighted by Crippen LogP contribution is -2.34. The number of anilines is 2. The molecule has 0 unspecified atom stereocenters. The van der Waals surface area contributed by atoms with Crippen molar-refractivity contribution >= 4 is 34.0 Å². The summed E-state index contributed by atoms with van der Waals surface area (Å²) in [6, 6.07) is 8.95. The van der Waals surface area contributed by atoms with Gasteiger partial charge in [-0.05, 0) is 99.6 Å². The Bertz CT molecular complexity index is 1030. The summed E-state index contributed by atoms with van der Waals surface area (Å²) in [6.07, 6.45) is 6.37. The van der Waals surface area contributed by atoms with Crippen molar-refractivity contribution < 1.29 is 4.39 Å². The first-order chi connectivity index (χ1) is 14.5. The van der Waals surface area contributed by atoms with Crippen LogP contribution in [0.4, 0.5) is 15.9 Å². The number of benzene rings is 2. The molecule has 1 saturated heterocycles. The Morgan fingerprint density at radius 3 is 2.70 bits per heavy atom. The Balaban J connectivity index is 1.57. The second-order valence-corrected chi connectivity index (χ2v) is 8.67. The van der Waals surface area contributed by atoms with Crippen LogP contribution in [0.3, 0.4) is 0 Å². The van der Waals surface area contributed by atoms with Crippen molar-refractivity contribution in [3.05, 3.63) is 58.6 Å². The summed E-state index contributed by atoms with van der Waals surface area (Å²) in [5.41, 5.74) is 4.23. The molecule has 6 heteroatoms. The first-order valence-electron chi connectivity index (χ1n) is 10.7. The van der Waals surface area contributed by atoms with Crippen molar-refractivity contribution in [2.75, 3.05) is 25.0 Å². The predicted molar refractivity (Wildman–Crippen MR) is 122 cm³/mol. The molecule has 0 atom stereocenters. The van der Waals surface area contributed by atoms with Gasteiger partial charge in [0.1, 0.15) is 18.0 Å². The lowest BCUT2D eigenvalue weighted by molar-refractivity contribution is 0.184. The van der Waals surface area contributed by atoms with Gasteiger partial charge in [0, 0.05) is 11.1 Å². The maximum absolute atomic E-state index is 13.5. The molecule has 1 fully saturated rings. The lowest BCUT2D eigenvalue weighted by Gasteiger charge is -2.32. The molecule has 0 radical (unpaired) electrons.